The van der Waals surface area contributed by atoms with Crippen molar-refractivity contribution in [1.82, 2.24) is 25.8 Å². The molecule has 1 aliphatic heterocycles. The largest absolute Gasteiger partial charge is 0.484 e. The molecule has 1 aliphatic rings. The smallest absolute Gasteiger partial charge is 0.475 e. The highest BCUT2D eigenvalue weighted by Gasteiger charge is 2.36. The molecule has 0 spiro atoms. The quantitative estimate of drug-likeness (QED) is 0.0427. The number of aliphatic carboxylic acids is 1. The molecule has 312 valence electrons. The van der Waals surface area contributed by atoms with Gasteiger partial charge in [-0.2, -0.15) is 0 Å². The molecule has 1 fully saturated rings. The summed E-state index contributed by atoms with van der Waals surface area (Å²) in [6.07, 6.45) is 8.39. The number of nitrogens with one attached hydrogen (secondary N) is 3. The summed E-state index contributed by atoms with van der Waals surface area (Å²) in [5.74, 6) is -2.59. The number of nitrogens with zero attached hydrogens (tertiary/aromatic N) is 2. The molecule has 3 amide bonds. The van der Waals surface area contributed by atoms with E-state index in [0.717, 1.165) is 38.6 Å². The molecular formula is C38H61BN6O11. The van der Waals surface area contributed by atoms with Crippen molar-refractivity contribution in [3.63, 3.8) is 0 Å². The molecule has 1 saturated heterocycles. The van der Waals surface area contributed by atoms with E-state index in [4.69, 9.17) is 24.7 Å². The second kappa shape index (κ2) is 26.9. The Balaban J connectivity index is 1.26. The van der Waals surface area contributed by atoms with Crippen molar-refractivity contribution < 1.29 is 53.3 Å². The Kier molecular flexibility index (Phi) is 22.3. The molecule has 0 bridgehead atoms. The number of benzene rings is 1. The zero-order valence-electron chi connectivity index (χ0n) is 32.6. The van der Waals surface area contributed by atoms with E-state index < -0.39 is 30.8 Å². The summed E-state index contributed by atoms with van der Waals surface area (Å²) in [7, 11) is 0.263. The fourth-order valence-electron chi connectivity index (χ4n) is 6.74. The predicted octanol–water partition coefficient (Wildman–Crippen LogP) is 0.738. The number of likely N-dealkylation sites (tertiary alicyclic amines) is 1. The monoisotopic (exact) mass is 788 g/mol. The Hall–Kier alpha value is -3.91. The molecule has 2 heterocycles. The van der Waals surface area contributed by atoms with Gasteiger partial charge in [-0.3, -0.25) is 24.2 Å². The van der Waals surface area contributed by atoms with Crippen molar-refractivity contribution in [3.8, 4) is 5.75 Å². The van der Waals surface area contributed by atoms with Crippen LogP contribution in [-0.4, -0.2) is 148 Å². The lowest BCUT2D eigenvalue weighted by molar-refractivity contribution is -0.144. The van der Waals surface area contributed by atoms with E-state index in [1.54, 1.807) is 18.2 Å². The average molecular weight is 789 g/mol. The Morgan fingerprint density at radius 1 is 0.929 bits per heavy atom. The first-order chi connectivity index (χ1) is 27.2. The molecule has 1 aromatic heterocycles. The molecule has 0 aliphatic carbocycles. The lowest BCUT2D eigenvalue weighted by Gasteiger charge is -2.24. The maximum atomic E-state index is 12.9. The van der Waals surface area contributed by atoms with Crippen molar-refractivity contribution in [2.75, 3.05) is 86.0 Å². The first-order valence-electron chi connectivity index (χ1n) is 19.7. The predicted molar refractivity (Wildman–Crippen MR) is 210 cm³/mol. The van der Waals surface area contributed by atoms with Crippen molar-refractivity contribution in [2.24, 2.45) is 17.6 Å². The van der Waals surface area contributed by atoms with E-state index in [2.05, 4.69) is 20.9 Å². The van der Waals surface area contributed by atoms with Crippen LogP contribution < -0.4 is 26.4 Å². The van der Waals surface area contributed by atoms with Crippen LogP contribution in [0.5, 0.6) is 5.75 Å². The van der Waals surface area contributed by atoms with Gasteiger partial charge in [0.25, 0.3) is 11.8 Å². The van der Waals surface area contributed by atoms with Crippen LogP contribution in [0.1, 0.15) is 68.1 Å². The zero-order chi connectivity index (χ0) is 40.5. The minimum absolute atomic E-state index is 0.0495. The number of amides is 3. The van der Waals surface area contributed by atoms with Gasteiger partial charge in [-0.25, -0.2) is 0 Å². The third-order valence-corrected chi connectivity index (χ3v) is 9.75. The first-order valence-corrected chi connectivity index (χ1v) is 19.7. The van der Waals surface area contributed by atoms with Gasteiger partial charge in [0, 0.05) is 37.3 Å². The number of carboxylic acid groups (broad SMARTS) is 1. The number of unbranched alkanes of at least 4 members (excludes halogenated alkanes) is 2. The summed E-state index contributed by atoms with van der Waals surface area (Å²) in [6, 6.07) is 6.42. The van der Waals surface area contributed by atoms with Crippen molar-refractivity contribution in [2.45, 2.75) is 63.7 Å². The Morgan fingerprint density at radius 3 is 2.38 bits per heavy atom. The van der Waals surface area contributed by atoms with E-state index in [9.17, 15) is 34.3 Å². The minimum atomic E-state index is -1.63. The molecule has 3 unspecified atom stereocenters. The summed E-state index contributed by atoms with van der Waals surface area (Å²) >= 11 is 0. The number of carboxylic acids is 1. The first kappa shape index (κ1) is 46.5. The van der Waals surface area contributed by atoms with Gasteiger partial charge in [-0.05, 0) is 89.2 Å². The molecule has 3 atom stereocenters. The van der Waals surface area contributed by atoms with Crippen LogP contribution in [0.4, 0.5) is 0 Å². The summed E-state index contributed by atoms with van der Waals surface area (Å²) in [5.41, 5.74) is 6.42. The van der Waals surface area contributed by atoms with E-state index in [0.29, 0.717) is 94.0 Å². The van der Waals surface area contributed by atoms with E-state index in [1.807, 2.05) is 7.05 Å². The molecule has 8 N–H and O–H groups in total. The molecule has 17 nitrogen and oxygen atoms in total. The molecule has 0 saturated carbocycles. The number of rotatable bonds is 30. The number of carbonyl (C=O) groups is 4. The molecule has 0 radical (unpaired) electrons. The lowest BCUT2D eigenvalue weighted by Crippen LogP contribution is -2.48. The summed E-state index contributed by atoms with van der Waals surface area (Å²) in [5, 5.41) is 37.9. The number of hydrogen-bond donors (Lipinski definition) is 7. The Labute approximate surface area is 329 Å². The molecular weight excluding hydrogens is 727 g/mol. The Bertz CT molecular complexity index is 1490. The van der Waals surface area contributed by atoms with Crippen molar-refractivity contribution in [1.29, 1.82) is 0 Å². The maximum Gasteiger partial charge on any atom is 0.475 e. The SMILES string of the molecule is CNCCCCC(C(=O)O)C(CCCCN)CCOCCOCCOCCNC(=O)COc1ccc2c(C(=O)NCC(=O)N3CCCC3B(O)O)ccnc2c1. The summed E-state index contributed by atoms with van der Waals surface area (Å²) in [6.45, 7) is 3.89. The normalized spacial score (nSPS) is 15.1. The second-order valence-corrected chi connectivity index (χ2v) is 13.8. The molecule has 3 rings (SSSR count). The lowest BCUT2D eigenvalue weighted by atomic mass is 9.78. The number of pyridine rings is 1. The number of ether oxygens (including phenoxy) is 4. The van der Waals surface area contributed by atoms with Gasteiger partial charge in [-0.1, -0.05) is 12.8 Å². The van der Waals surface area contributed by atoms with Crippen molar-refractivity contribution in [3.05, 3.63) is 36.0 Å². The van der Waals surface area contributed by atoms with Crippen LogP contribution in [0, 0.1) is 11.8 Å². The van der Waals surface area contributed by atoms with Gasteiger partial charge in [-0.15, -0.1) is 0 Å². The summed E-state index contributed by atoms with van der Waals surface area (Å²) < 4.78 is 22.5. The van der Waals surface area contributed by atoms with Crippen LogP contribution in [0.2, 0.25) is 0 Å². The number of aromatic nitrogens is 1. The standard InChI is InChI=1S/C38H61BN6O11/c1-41-15-5-3-8-30(38(49)50)28(7-2-4-14-40)13-19-53-21-23-55-24-22-54-20-17-43-35(46)27-56-29-10-11-31-32(12-16-42-33(31)25-29)37(48)44-26-36(47)45-18-6-9-34(45)39(51)52/h10-12,16,25,28,30,34,41,51-52H,2-9,13-15,17-24,26-27,40H2,1H3,(H,43,46)(H,44,48)(H,49,50). The molecule has 1 aromatic carbocycles. The highest BCUT2D eigenvalue weighted by molar-refractivity contribution is 6.43. The van der Waals surface area contributed by atoms with E-state index in [-0.39, 0.29) is 44.0 Å². The number of carbonyl (C=O) groups excluding carboxylic acids is 3. The van der Waals surface area contributed by atoms with Gasteiger partial charge in [0.05, 0.1) is 62.5 Å². The van der Waals surface area contributed by atoms with Crippen LogP contribution in [0.25, 0.3) is 10.9 Å². The second-order valence-electron chi connectivity index (χ2n) is 13.8. The van der Waals surface area contributed by atoms with Gasteiger partial charge in [0.2, 0.25) is 5.91 Å². The van der Waals surface area contributed by atoms with Crippen LogP contribution >= 0.6 is 0 Å². The third-order valence-electron chi connectivity index (χ3n) is 9.75. The Morgan fingerprint density at radius 2 is 1.66 bits per heavy atom. The minimum Gasteiger partial charge on any atom is -0.484 e. The summed E-state index contributed by atoms with van der Waals surface area (Å²) in [4.78, 5) is 55.5. The van der Waals surface area contributed by atoms with Gasteiger partial charge in [0.15, 0.2) is 6.61 Å². The highest BCUT2D eigenvalue weighted by Crippen LogP contribution is 2.28. The van der Waals surface area contributed by atoms with Gasteiger partial charge >= 0.3 is 13.1 Å². The third kappa shape index (κ3) is 16.7. The van der Waals surface area contributed by atoms with Gasteiger partial charge in [0.1, 0.15) is 5.75 Å². The van der Waals surface area contributed by atoms with Crippen molar-refractivity contribution >= 4 is 41.7 Å². The van der Waals surface area contributed by atoms with E-state index in [1.165, 1.54) is 17.2 Å². The van der Waals surface area contributed by atoms with Crippen LogP contribution in [0.3, 0.4) is 0 Å². The fraction of sp³-hybridized carbons (Fsp3) is 0.658. The molecule has 18 heteroatoms. The highest BCUT2D eigenvalue weighted by atomic mass is 16.5. The van der Waals surface area contributed by atoms with Crippen LogP contribution in [0.15, 0.2) is 30.5 Å². The number of hydrogen-bond acceptors (Lipinski definition) is 13. The molecule has 56 heavy (non-hydrogen) atoms. The average Bonchev–Trinajstić information content (AvgIpc) is 3.69. The van der Waals surface area contributed by atoms with E-state index >= 15 is 0 Å². The van der Waals surface area contributed by atoms with Crippen LogP contribution in [-0.2, 0) is 28.6 Å². The topological polar surface area (TPSA) is 244 Å². The van der Waals surface area contributed by atoms with Gasteiger partial charge < -0.3 is 60.7 Å². The molecule has 2 aromatic rings. The maximum absolute atomic E-state index is 12.9. The zero-order valence-corrected chi connectivity index (χ0v) is 32.6. The number of nitrogens with two attached hydrogens (primary N) is 1. The fourth-order valence-corrected chi connectivity index (χ4v) is 6.74. The number of fused-ring (bicyclic) bond motifs is 1.